The minimum atomic E-state index is -0.518. The molecule has 5 nitrogen and oxygen atoms in total. The van der Waals surface area contributed by atoms with Crippen LogP contribution in [0.1, 0.15) is 79.7 Å². The number of aliphatic hydroxyl groups excluding tert-OH is 1. The second kappa shape index (κ2) is 16.8. The van der Waals surface area contributed by atoms with Crippen molar-refractivity contribution in [2.75, 3.05) is 5.32 Å². The Hall–Kier alpha value is -2.79. The Balaban J connectivity index is 0.00000144. The van der Waals surface area contributed by atoms with Crippen molar-refractivity contribution < 1.29 is 9.90 Å². The maximum absolute atomic E-state index is 10.5. The number of amides is 1. The molecule has 0 saturated carbocycles. The van der Waals surface area contributed by atoms with Crippen molar-refractivity contribution >= 4 is 28.7 Å². The van der Waals surface area contributed by atoms with Crippen LogP contribution in [0.3, 0.4) is 0 Å². The fourth-order valence-corrected chi connectivity index (χ4v) is 2.84. The molecule has 0 radical (unpaired) electrons. The van der Waals surface area contributed by atoms with E-state index in [9.17, 15) is 9.90 Å². The molecule has 1 atom stereocenters. The molecule has 2 heterocycles. The summed E-state index contributed by atoms with van der Waals surface area (Å²) < 4.78 is 0. The zero-order chi connectivity index (χ0) is 24.5. The first-order chi connectivity index (χ1) is 15.4. The number of pyridine rings is 2. The summed E-state index contributed by atoms with van der Waals surface area (Å²) in [6, 6.07) is 3.74. The Morgan fingerprint density at radius 1 is 1.12 bits per heavy atom. The molecule has 0 aliphatic heterocycles. The van der Waals surface area contributed by atoms with Gasteiger partial charge in [0.25, 0.3) is 0 Å². The van der Waals surface area contributed by atoms with Crippen molar-refractivity contribution in [1.82, 2.24) is 9.97 Å². The van der Waals surface area contributed by atoms with Crippen LogP contribution in [0.15, 0.2) is 54.4 Å². The van der Waals surface area contributed by atoms with Gasteiger partial charge >= 0.3 is 0 Å². The Kier molecular flexibility index (Phi) is 15.4. The Labute approximate surface area is 194 Å². The number of unbranched alkanes of at least 4 members (excludes halogenated alkanes) is 1. The van der Waals surface area contributed by atoms with Crippen LogP contribution >= 0.6 is 0 Å². The minimum absolute atomic E-state index is 0.469. The van der Waals surface area contributed by atoms with Crippen LogP contribution in [-0.4, -0.2) is 27.6 Å². The van der Waals surface area contributed by atoms with Crippen molar-refractivity contribution in [2.24, 2.45) is 0 Å². The van der Waals surface area contributed by atoms with E-state index in [1.807, 2.05) is 52.8 Å². The van der Waals surface area contributed by atoms with Gasteiger partial charge < -0.3 is 10.4 Å². The summed E-state index contributed by atoms with van der Waals surface area (Å²) in [5.74, 6) is 0.469. The van der Waals surface area contributed by atoms with Crippen LogP contribution < -0.4 is 5.32 Å². The number of hydrogen-bond acceptors (Lipinski definition) is 4. The molecule has 1 amide bonds. The van der Waals surface area contributed by atoms with Gasteiger partial charge in [0, 0.05) is 29.4 Å². The molecule has 0 aromatic carbocycles. The first kappa shape index (κ1) is 29.2. The maximum atomic E-state index is 10.5. The zero-order valence-corrected chi connectivity index (χ0v) is 20.9. The third-order valence-electron chi connectivity index (χ3n) is 4.69. The zero-order valence-electron chi connectivity index (χ0n) is 20.9. The van der Waals surface area contributed by atoms with Gasteiger partial charge in [-0.1, -0.05) is 72.6 Å². The molecular formula is C27H41N3O2. The van der Waals surface area contributed by atoms with Crippen molar-refractivity contribution in [3.05, 3.63) is 60.0 Å². The van der Waals surface area contributed by atoms with Gasteiger partial charge in [-0.25, -0.2) is 4.98 Å². The van der Waals surface area contributed by atoms with Gasteiger partial charge in [-0.2, -0.15) is 0 Å². The van der Waals surface area contributed by atoms with Crippen LogP contribution in [0, 0.1) is 0 Å². The molecule has 1 unspecified atom stereocenters. The van der Waals surface area contributed by atoms with Crippen LogP contribution in [0.4, 0.5) is 5.82 Å². The summed E-state index contributed by atoms with van der Waals surface area (Å²) in [7, 11) is 0. The smallest absolute Gasteiger partial charge is 0.212 e. The van der Waals surface area contributed by atoms with Gasteiger partial charge in [0.2, 0.25) is 6.41 Å². The average Bonchev–Trinajstić information content (AvgIpc) is 2.81. The second-order valence-corrected chi connectivity index (χ2v) is 7.16. The SMILES string of the molecule is C=C(/C=C(C)\C(=C/C)c1cnc2cc(NC=O)ncc2c1)C(O)CCC.CC.CCCC. The third-order valence-corrected chi connectivity index (χ3v) is 4.69. The van der Waals surface area contributed by atoms with E-state index in [0.29, 0.717) is 24.2 Å². The molecule has 0 aliphatic rings. The topological polar surface area (TPSA) is 75.1 Å². The highest BCUT2D eigenvalue weighted by Gasteiger charge is 2.10. The lowest BCUT2D eigenvalue weighted by Crippen LogP contribution is -2.07. The van der Waals surface area contributed by atoms with E-state index in [2.05, 4.69) is 35.7 Å². The van der Waals surface area contributed by atoms with Crippen molar-refractivity contribution in [3.63, 3.8) is 0 Å². The quantitative estimate of drug-likeness (QED) is 0.323. The molecule has 2 N–H and O–H groups in total. The number of aromatic nitrogens is 2. The van der Waals surface area contributed by atoms with E-state index >= 15 is 0 Å². The molecule has 0 bridgehead atoms. The molecule has 2 aromatic rings. The highest BCUT2D eigenvalue weighted by atomic mass is 16.3. The molecule has 2 rings (SSSR count). The highest BCUT2D eigenvalue weighted by molar-refractivity contribution is 5.87. The van der Waals surface area contributed by atoms with Crippen LogP contribution in [0.2, 0.25) is 0 Å². The van der Waals surface area contributed by atoms with Gasteiger partial charge in [0.05, 0.1) is 11.6 Å². The number of fused-ring (bicyclic) bond motifs is 1. The van der Waals surface area contributed by atoms with Crippen molar-refractivity contribution in [3.8, 4) is 0 Å². The van der Waals surface area contributed by atoms with Crippen LogP contribution in [0.25, 0.3) is 16.5 Å². The molecule has 5 heteroatoms. The fourth-order valence-electron chi connectivity index (χ4n) is 2.84. The van der Waals surface area contributed by atoms with Crippen molar-refractivity contribution in [2.45, 2.75) is 80.3 Å². The number of nitrogens with zero attached hydrogens (tertiary/aromatic N) is 2. The molecule has 0 fully saturated rings. The standard InChI is InChI=1S/C21H25N3O2.C4H10.C2H6/c1-5-7-20(26)15(4)8-14(3)18(6-2)16-9-17-12-23-21(24-13-25)10-19(17)22-11-16;1-3-4-2;1-2/h6,8-13,20,26H,4-5,7H2,1-3H3,(H,23,24,25);3-4H2,1-2H3;1-2H3/b14-8-,18-6+;;. The molecule has 2 aromatic heterocycles. The summed E-state index contributed by atoms with van der Waals surface area (Å²) in [5, 5.41) is 13.5. The number of anilines is 1. The normalized spacial score (nSPS) is 12.1. The lowest BCUT2D eigenvalue weighted by Gasteiger charge is -2.13. The average molecular weight is 440 g/mol. The summed E-state index contributed by atoms with van der Waals surface area (Å²) in [5.41, 5.74) is 4.47. The number of aliphatic hydroxyl groups is 1. The van der Waals surface area contributed by atoms with E-state index in [1.165, 1.54) is 12.8 Å². The van der Waals surface area contributed by atoms with E-state index in [0.717, 1.165) is 34.0 Å². The number of nitrogens with one attached hydrogen (secondary N) is 1. The first-order valence-corrected chi connectivity index (χ1v) is 11.6. The van der Waals surface area contributed by atoms with E-state index < -0.39 is 6.10 Å². The fraction of sp³-hybridized carbons (Fsp3) is 0.444. The van der Waals surface area contributed by atoms with E-state index in [4.69, 9.17) is 0 Å². The second-order valence-electron chi connectivity index (χ2n) is 7.16. The minimum Gasteiger partial charge on any atom is -0.388 e. The van der Waals surface area contributed by atoms with Gasteiger partial charge in [-0.3, -0.25) is 9.78 Å². The lowest BCUT2D eigenvalue weighted by molar-refractivity contribution is -0.105. The third kappa shape index (κ3) is 9.56. The molecule has 176 valence electrons. The first-order valence-electron chi connectivity index (χ1n) is 11.6. The number of carbonyl (C=O) groups excluding carboxylic acids is 1. The maximum Gasteiger partial charge on any atom is 0.212 e. The molecule has 0 spiro atoms. The summed E-state index contributed by atoms with van der Waals surface area (Å²) in [4.78, 5) is 19.2. The number of rotatable bonds is 9. The molecular weight excluding hydrogens is 398 g/mol. The highest BCUT2D eigenvalue weighted by Crippen LogP contribution is 2.27. The molecule has 0 saturated heterocycles. The molecule has 0 aliphatic carbocycles. The van der Waals surface area contributed by atoms with E-state index in [1.54, 1.807) is 18.5 Å². The molecule has 32 heavy (non-hydrogen) atoms. The predicted molar refractivity (Wildman–Crippen MR) is 139 cm³/mol. The van der Waals surface area contributed by atoms with Gasteiger partial charge in [0.15, 0.2) is 0 Å². The number of allylic oxidation sites excluding steroid dienone is 3. The lowest BCUT2D eigenvalue weighted by atomic mass is 9.96. The number of carbonyl (C=O) groups is 1. The summed E-state index contributed by atoms with van der Waals surface area (Å²) in [6.07, 6.45) is 11.8. The van der Waals surface area contributed by atoms with Gasteiger partial charge in [-0.15, -0.1) is 0 Å². The van der Waals surface area contributed by atoms with Gasteiger partial charge in [-0.05, 0) is 43.1 Å². The summed E-state index contributed by atoms with van der Waals surface area (Å²) >= 11 is 0. The number of hydrogen-bond donors (Lipinski definition) is 2. The van der Waals surface area contributed by atoms with Crippen LogP contribution in [-0.2, 0) is 4.79 Å². The monoisotopic (exact) mass is 439 g/mol. The Bertz CT molecular complexity index is 899. The van der Waals surface area contributed by atoms with Crippen LogP contribution in [0.5, 0.6) is 0 Å². The Morgan fingerprint density at radius 2 is 1.78 bits per heavy atom. The van der Waals surface area contributed by atoms with Gasteiger partial charge in [0.1, 0.15) is 5.82 Å². The largest absolute Gasteiger partial charge is 0.388 e. The van der Waals surface area contributed by atoms with Crippen molar-refractivity contribution in [1.29, 1.82) is 0 Å². The van der Waals surface area contributed by atoms with E-state index in [-0.39, 0.29) is 0 Å². The predicted octanol–water partition coefficient (Wildman–Crippen LogP) is 7.10. The summed E-state index contributed by atoms with van der Waals surface area (Å²) in [6.45, 7) is 18.4. The Morgan fingerprint density at radius 3 is 2.31 bits per heavy atom.